The Hall–Kier alpha value is -2.01. The molecule has 0 saturated carbocycles. The van der Waals surface area contributed by atoms with Crippen molar-refractivity contribution in [3.63, 3.8) is 0 Å². The van der Waals surface area contributed by atoms with Gasteiger partial charge in [-0.05, 0) is 36.8 Å². The Labute approximate surface area is 124 Å². The van der Waals surface area contributed by atoms with E-state index in [0.29, 0.717) is 11.1 Å². The lowest BCUT2D eigenvalue weighted by Crippen LogP contribution is -2.04. The molecule has 0 aliphatic heterocycles. The molecule has 0 amide bonds. The van der Waals surface area contributed by atoms with Gasteiger partial charge in [0.05, 0.1) is 4.92 Å². The summed E-state index contributed by atoms with van der Waals surface area (Å²) in [4.78, 5) is 22.5. The van der Waals surface area contributed by atoms with Crippen molar-refractivity contribution < 1.29 is 9.72 Å². The second-order valence-electron chi connectivity index (χ2n) is 4.49. The molecule has 0 fully saturated rings. The van der Waals surface area contributed by atoms with Gasteiger partial charge in [0, 0.05) is 28.1 Å². The van der Waals surface area contributed by atoms with Crippen LogP contribution in [0.15, 0.2) is 46.9 Å². The van der Waals surface area contributed by atoms with Crippen molar-refractivity contribution in [2.24, 2.45) is 0 Å². The molecular formula is C15H12BrNO3. The van der Waals surface area contributed by atoms with E-state index in [4.69, 9.17) is 0 Å². The standard InChI is InChI=1S/C15H12BrNO3/c1-10-7-12(5-6-14(10)17(19)20)15(18)9-11-3-2-4-13(16)8-11/h2-8H,9H2,1H3. The van der Waals surface area contributed by atoms with Gasteiger partial charge in [-0.2, -0.15) is 0 Å². The number of carbonyl (C=O) groups is 1. The van der Waals surface area contributed by atoms with Crippen molar-refractivity contribution in [3.8, 4) is 0 Å². The Morgan fingerprint density at radius 2 is 2.00 bits per heavy atom. The molecule has 0 N–H and O–H groups in total. The molecule has 0 bridgehead atoms. The number of hydrogen-bond acceptors (Lipinski definition) is 3. The smallest absolute Gasteiger partial charge is 0.272 e. The van der Waals surface area contributed by atoms with E-state index in [-0.39, 0.29) is 17.9 Å². The van der Waals surface area contributed by atoms with Gasteiger partial charge in [-0.1, -0.05) is 28.1 Å². The molecule has 0 saturated heterocycles. The molecule has 0 aliphatic rings. The Bertz CT molecular complexity index is 683. The number of carbonyl (C=O) groups excluding carboxylic acids is 1. The summed E-state index contributed by atoms with van der Waals surface area (Å²) >= 11 is 3.36. The van der Waals surface area contributed by atoms with Crippen LogP contribution >= 0.6 is 15.9 Å². The van der Waals surface area contributed by atoms with Crippen LogP contribution in [0.5, 0.6) is 0 Å². The predicted molar refractivity (Wildman–Crippen MR) is 80.0 cm³/mol. The van der Waals surface area contributed by atoms with Crippen LogP contribution in [0.25, 0.3) is 0 Å². The highest BCUT2D eigenvalue weighted by Gasteiger charge is 2.14. The summed E-state index contributed by atoms with van der Waals surface area (Å²) in [5, 5.41) is 10.7. The van der Waals surface area contributed by atoms with Gasteiger partial charge in [0.1, 0.15) is 0 Å². The molecule has 4 nitrogen and oxygen atoms in total. The first kappa shape index (κ1) is 14.4. The third-order valence-electron chi connectivity index (χ3n) is 2.97. The van der Waals surface area contributed by atoms with Crippen LogP contribution in [-0.2, 0) is 6.42 Å². The third kappa shape index (κ3) is 3.30. The van der Waals surface area contributed by atoms with Crippen LogP contribution in [0.4, 0.5) is 5.69 Å². The van der Waals surface area contributed by atoms with E-state index in [1.165, 1.54) is 12.1 Å². The number of rotatable bonds is 4. The molecule has 0 atom stereocenters. The van der Waals surface area contributed by atoms with Crippen LogP contribution in [0, 0.1) is 17.0 Å². The summed E-state index contributed by atoms with van der Waals surface area (Å²) in [7, 11) is 0. The number of ketones is 1. The monoisotopic (exact) mass is 333 g/mol. The van der Waals surface area contributed by atoms with Gasteiger partial charge in [0.15, 0.2) is 5.78 Å². The molecule has 2 rings (SSSR count). The molecule has 0 aliphatic carbocycles. The van der Waals surface area contributed by atoms with E-state index in [9.17, 15) is 14.9 Å². The van der Waals surface area contributed by atoms with Crippen LogP contribution < -0.4 is 0 Å². The molecule has 2 aromatic rings. The second-order valence-corrected chi connectivity index (χ2v) is 5.40. The zero-order valence-electron chi connectivity index (χ0n) is 10.8. The molecule has 5 heteroatoms. The van der Waals surface area contributed by atoms with Gasteiger partial charge in [-0.25, -0.2) is 0 Å². The van der Waals surface area contributed by atoms with E-state index >= 15 is 0 Å². The first-order valence-electron chi connectivity index (χ1n) is 6.00. The molecular weight excluding hydrogens is 322 g/mol. The summed E-state index contributed by atoms with van der Waals surface area (Å²) in [6.45, 7) is 1.63. The quantitative estimate of drug-likeness (QED) is 0.481. The fourth-order valence-corrected chi connectivity index (χ4v) is 2.41. The number of Topliss-reactive ketones (excluding diaryl/α,β-unsaturated/α-hetero) is 1. The fourth-order valence-electron chi connectivity index (χ4n) is 1.97. The molecule has 0 aromatic heterocycles. The highest BCUT2D eigenvalue weighted by atomic mass is 79.9. The maximum absolute atomic E-state index is 12.2. The van der Waals surface area contributed by atoms with Gasteiger partial charge < -0.3 is 0 Å². The average Bonchev–Trinajstić information content (AvgIpc) is 2.38. The van der Waals surface area contributed by atoms with Crippen molar-refractivity contribution in [3.05, 3.63) is 73.7 Å². The summed E-state index contributed by atoms with van der Waals surface area (Å²) in [5.74, 6) is -0.0545. The minimum atomic E-state index is -0.447. The number of aryl methyl sites for hydroxylation is 1. The molecule has 2 aromatic carbocycles. The summed E-state index contributed by atoms with van der Waals surface area (Å²) in [5.41, 5.74) is 1.92. The topological polar surface area (TPSA) is 60.2 Å². The molecule has 0 heterocycles. The summed E-state index contributed by atoms with van der Waals surface area (Å²) in [6.07, 6.45) is 0.274. The minimum absolute atomic E-state index is 0.0315. The molecule has 0 radical (unpaired) electrons. The molecule has 0 unspecified atom stereocenters. The number of nitro groups is 1. The predicted octanol–water partition coefficient (Wildman–Crippen LogP) is 4.09. The van der Waals surface area contributed by atoms with Gasteiger partial charge >= 0.3 is 0 Å². The zero-order valence-corrected chi connectivity index (χ0v) is 12.4. The number of halogens is 1. The van der Waals surface area contributed by atoms with Gasteiger partial charge in [0.25, 0.3) is 5.69 Å². The van der Waals surface area contributed by atoms with Crippen molar-refractivity contribution in [1.82, 2.24) is 0 Å². The van der Waals surface area contributed by atoms with Gasteiger partial charge in [-0.15, -0.1) is 0 Å². The number of nitrogens with zero attached hydrogens (tertiary/aromatic N) is 1. The van der Waals surface area contributed by atoms with Crippen LogP contribution in [0.3, 0.4) is 0 Å². The molecule has 102 valence electrons. The first-order valence-corrected chi connectivity index (χ1v) is 6.79. The maximum Gasteiger partial charge on any atom is 0.272 e. The van der Waals surface area contributed by atoms with Crippen molar-refractivity contribution in [1.29, 1.82) is 0 Å². The second kappa shape index (κ2) is 5.96. The number of benzene rings is 2. The van der Waals surface area contributed by atoms with Crippen LogP contribution in [0.1, 0.15) is 21.5 Å². The number of nitro benzene ring substituents is 1. The van der Waals surface area contributed by atoms with Crippen LogP contribution in [-0.4, -0.2) is 10.7 Å². The van der Waals surface area contributed by atoms with Crippen LogP contribution in [0.2, 0.25) is 0 Å². The summed E-state index contributed by atoms with van der Waals surface area (Å²) < 4.78 is 0.919. The maximum atomic E-state index is 12.2. The molecule has 20 heavy (non-hydrogen) atoms. The zero-order chi connectivity index (χ0) is 14.7. The third-order valence-corrected chi connectivity index (χ3v) is 3.46. The van der Waals surface area contributed by atoms with Crippen molar-refractivity contribution in [2.45, 2.75) is 13.3 Å². The lowest BCUT2D eigenvalue weighted by atomic mass is 10.0. The highest BCUT2D eigenvalue weighted by molar-refractivity contribution is 9.10. The van der Waals surface area contributed by atoms with Gasteiger partial charge in [0.2, 0.25) is 0 Å². The Morgan fingerprint density at radius 1 is 1.25 bits per heavy atom. The Morgan fingerprint density at radius 3 is 2.60 bits per heavy atom. The fraction of sp³-hybridized carbons (Fsp3) is 0.133. The number of hydrogen-bond donors (Lipinski definition) is 0. The van der Waals surface area contributed by atoms with E-state index in [1.807, 2.05) is 24.3 Å². The normalized spacial score (nSPS) is 10.3. The lowest BCUT2D eigenvalue weighted by molar-refractivity contribution is -0.385. The lowest BCUT2D eigenvalue weighted by Gasteiger charge is -2.04. The SMILES string of the molecule is Cc1cc(C(=O)Cc2cccc(Br)c2)ccc1[N+](=O)[O-]. The van der Waals surface area contributed by atoms with E-state index in [2.05, 4.69) is 15.9 Å². The molecule has 0 spiro atoms. The first-order chi connectivity index (χ1) is 9.47. The minimum Gasteiger partial charge on any atom is -0.294 e. The average molecular weight is 334 g/mol. The Kier molecular flexibility index (Phi) is 4.29. The Balaban J connectivity index is 2.22. The van der Waals surface area contributed by atoms with Crippen molar-refractivity contribution in [2.75, 3.05) is 0 Å². The van der Waals surface area contributed by atoms with E-state index in [0.717, 1.165) is 10.0 Å². The largest absolute Gasteiger partial charge is 0.294 e. The van der Waals surface area contributed by atoms with Crippen molar-refractivity contribution >= 4 is 27.4 Å². The van der Waals surface area contributed by atoms with E-state index in [1.54, 1.807) is 13.0 Å². The summed E-state index contributed by atoms with van der Waals surface area (Å²) in [6, 6.07) is 12.0. The van der Waals surface area contributed by atoms with Gasteiger partial charge in [-0.3, -0.25) is 14.9 Å². The van der Waals surface area contributed by atoms with E-state index < -0.39 is 4.92 Å². The highest BCUT2D eigenvalue weighted by Crippen LogP contribution is 2.20.